The minimum absolute atomic E-state index is 0.0172. The summed E-state index contributed by atoms with van der Waals surface area (Å²) in [6.07, 6.45) is 4.22. The van der Waals surface area contributed by atoms with Crippen molar-refractivity contribution in [2.45, 2.75) is 39.5 Å². The van der Waals surface area contributed by atoms with Crippen molar-refractivity contribution in [1.82, 2.24) is 0 Å². The van der Waals surface area contributed by atoms with Crippen molar-refractivity contribution in [1.29, 1.82) is 0 Å². The molecular formula is C26H30N2O9S. The molecular weight excluding hydrogens is 516 g/mol. The van der Waals surface area contributed by atoms with E-state index >= 15 is 0 Å². The first-order valence-electron chi connectivity index (χ1n) is 11.6. The fourth-order valence-electron chi connectivity index (χ4n) is 2.55. The number of hydrogen-bond donors (Lipinski definition) is 1. The molecule has 204 valence electrons. The molecule has 0 heterocycles. The molecule has 0 aliphatic heterocycles. The molecule has 2 aromatic rings. The smallest absolute Gasteiger partial charge is 0.347 e. The summed E-state index contributed by atoms with van der Waals surface area (Å²) in [6, 6.07) is 12.3. The number of carbonyl (C=O) groups is 3. The molecule has 11 nitrogen and oxygen atoms in total. The molecule has 0 aliphatic rings. The van der Waals surface area contributed by atoms with E-state index in [0.717, 1.165) is 0 Å². The van der Waals surface area contributed by atoms with E-state index in [9.17, 15) is 24.5 Å². The quantitative estimate of drug-likeness (QED) is 0.0724. The maximum atomic E-state index is 12.5. The summed E-state index contributed by atoms with van der Waals surface area (Å²) in [5.41, 5.74) is 6.18. The summed E-state index contributed by atoms with van der Waals surface area (Å²) in [5.74, 6) is -1.88. The molecule has 2 rings (SSSR count). The number of ether oxygens (including phenoxy) is 3. The molecule has 2 N–H and O–H groups in total. The third-order valence-corrected chi connectivity index (χ3v) is 4.78. The molecule has 0 bridgehead atoms. The number of para-hydroxylation sites is 1. The van der Waals surface area contributed by atoms with Gasteiger partial charge in [0.25, 0.3) is 5.09 Å². The van der Waals surface area contributed by atoms with Gasteiger partial charge in [-0.15, -0.1) is 10.1 Å². The van der Waals surface area contributed by atoms with Crippen molar-refractivity contribution < 1.29 is 38.5 Å². The number of benzene rings is 2. The van der Waals surface area contributed by atoms with Crippen LogP contribution >= 0.6 is 12.2 Å². The van der Waals surface area contributed by atoms with Gasteiger partial charge in [-0.25, -0.2) is 4.79 Å². The summed E-state index contributed by atoms with van der Waals surface area (Å²) in [4.78, 5) is 50.8. The minimum atomic E-state index is -0.898. The second-order valence-corrected chi connectivity index (χ2v) is 7.84. The highest BCUT2D eigenvalue weighted by Crippen LogP contribution is 2.22. The number of carbonyl (C=O) groups excluding carboxylic acids is 3. The van der Waals surface area contributed by atoms with Crippen molar-refractivity contribution >= 4 is 35.1 Å². The molecule has 2 aromatic carbocycles. The lowest BCUT2D eigenvalue weighted by Gasteiger charge is -2.10. The Labute approximate surface area is 225 Å². The highest BCUT2D eigenvalue weighted by Gasteiger charge is 2.18. The van der Waals surface area contributed by atoms with Gasteiger partial charge in [-0.2, -0.15) is 0 Å². The topological polar surface area (TPSA) is 157 Å². The Hall–Kier alpha value is -4.32. The normalized spacial score (nSPS) is 10.1. The van der Waals surface area contributed by atoms with Gasteiger partial charge in [0.1, 0.15) is 22.1 Å². The first kappa shape index (κ1) is 31.7. The summed E-state index contributed by atoms with van der Waals surface area (Å²) < 4.78 is 15.5. The molecule has 0 radical (unpaired) electrons. The lowest BCUT2D eigenvalue weighted by molar-refractivity contribution is -0.757. The number of rotatable bonds is 13. The maximum Gasteiger partial charge on any atom is 0.347 e. The lowest BCUT2D eigenvalue weighted by Crippen LogP contribution is -2.16. The molecule has 0 saturated carbocycles. The van der Waals surface area contributed by atoms with Gasteiger partial charge in [-0.3, -0.25) is 9.59 Å². The van der Waals surface area contributed by atoms with E-state index in [1.807, 2.05) is 26.0 Å². The van der Waals surface area contributed by atoms with Crippen LogP contribution in [0.15, 0.2) is 60.7 Å². The van der Waals surface area contributed by atoms with E-state index in [1.165, 1.54) is 24.3 Å². The first-order valence-corrected chi connectivity index (χ1v) is 12.0. The van der Waals surface area contributed by atoms with Crippen molar-refractivity contribution in [3.8, 4) is 11.5 Å². The third kappa shape index (κ3) is 13.1. The van der Waals surface area contributed by atoms with Gasteiger partial charge in [-0.1, -0.05) is 36.5 Å². The summed E-state index contributed by atoms with van der Waals surface area (Å²) >= 11 is 4.88. The maximum absolute atomic E-state index is 12.5. The van der Waals surface area contributed by atoms with E-state index in [-0.39, 0.29) is 48.1 Å². The van der Waals surface area contributed by atoms with Crippen LogP contribution in [0, 0.1) is 10.1 Å². The zero-order chi connectivity index (χ0) is 28.3. The van der Waals surface area contributed by atoms with Crippen molar-refractivity contribution in [3.05, 3.63) is 81.9 Å². The number of esters is 3. The highest BCUT2D eigenvalue weighted by molar-refractivity contribution is 7.80. The van der Waals surface area contributed by atoms with Crippen LogP contribution in [0.4, 0.5) is 0 Å². The van der Waals surface area contributed by atoms with Crippen LogP contribution in [0.3, 0.4) is 0 Å². The fourth-order valence-corrected chi connectivity index (χ4v) is 2.69. The Morgan fingerprint density at radius 1 is 0.921 bits per heavy atom. The molecule has 38 heavy (non-hydrogen) atoms. The Morgan fingerprint density at radius 3 is 2.13 bits per heavy atom. The minimum Gasteiger partial charge on any atom is -0.466 e. The van der Waals surface area contributed by atoms with Crippen LogP contribution in [-0.4, -0.2) is 41.2 Å². The van der Waals surface area contributed by atoms with Gasteiger partial charge in [0.2, 0.25) is 0 Å². The van der Waals surface area contributed by atoms with E-state index < -0.39 is 23.0 Å². The zero-order valence-corrected chi connectivity index (χ0v) is 21.9. The standard InChI is InChI=1S/C22H22N2O9S.C4H8/c23-21(34)15-7-9-16(10-8-15)32-22(27)17-5-1-2-6-18(17)33-20(26)12-11-19(25)30-13-3-4-14-31-24(28)29;1-3-4-2/h1-2,5-10H,3-4,11-14H2,(H2,23,34);3-4H,1-2H3/b;4-3-. The summed E-state index contributed by atoms with van der Waals surface area (Å²) in [6.45, 7) is 3.95. The number of allylic oxidation sites excluding steroid dienone is 2. The third-order valence-electron chi connectivity index (χ3n) is 4.55. The van der Waals surface area contributed by atoms with Gasteiger partial charge in [0.15, 0.2) is 0 Å². The molecule has 0 unspecified atom stereocenters. The number of nitrogens with zero attached hydrogens (tertiary/aromatic N) is 1. The molecule has 0 saturated heterocycles. The predicted molar refractivity (Wildman–Crippen MR) is 142 cm³/mol. The monoisotopic (exact) mass is 546 g/mol. The van der Waals surface area contributed by atoms with E-state index in [1.54, 1.807) is 24.3 Å². The van der Waals surface area contributed by atoms with Crippen molar-refractivity contribution in [3.63, 3.8) is 0 Å². The van der Waals surface area contributed by atoms with Crippen LogP contribution in [0.5, 0.6) is 11.5 Å². The van der Waals surface area contributed by atoms with Crippen LogP contribution in [0.1, 0.15) is 55.5 Å². The Kier molecular flexibility index (Phi) is 15.0. The van der Waals surface area contributed by atoms with Gasteiger partial charge in [-0.05, 0) is 63.1 Å². The van der Waals surface area contributed by atoms with Crippen molar-refractivity contribution in [2.75, 3.05) is 13.2 Å². The van der Waals surface area contributed by atoms with Gasteiger partial charge in [0.05, 0.1) is 26.1 Å². The SMILES string of the molecule is C/C=C\C.NC(=S)c1ccc(OC(=O)c2ccccc2OC(=O)CCC(=O)OCCCCO[N+](=O)[O-])cc1. The second kappa shape index (κ2) is 18.0. The molecule has 0 fully saturated rings. The van der Waals surface area contributed by atoms with Crippen LogP contribution < -0.4 is 15.2 Å². The van der Waals surface area contributed by atoms with E-state index in [4.69, 9.17) is 32.2 Å². The zero-order valence-electron chi connectivity index (χ0n) is 21.1. The Balaban J connectivity index is 0.00000168. The molecule has 0 spiro atoms. The number of thiocarbonyl (C=S) groups is 1. The Morgan fingerprint density at radius 2 is 1.53 bits per heavy atom. The van der Waals surface area contributed by atoms with Crippen LogP contribution in [0.25, 0.3) is 0 Å². The highest BCUT2D eigenvalue weighted by atomic mass is 32.1. The second-order valence-electron chi connectivity index (χ2n) is 7.40. The summed E-state index contributed by atoms with van der Waals surface area (Å²) in [7, 11) is 0. The molecule has 0 atom stereocenters. The Bertz CT molecular complexity index is 1110. The summed E-state index contributed by atoms with van der Waals surface area (Å²) in [5, 5.41) is 9.12. The molecule has 0 aliphatic carbocycles. The van der Waals surface area contributed by atoms with E-state index in [0.29, 0.717) is 18.4 Å². The van der Waals surface area contributed by atoms with Gasteiger partial charge in [0, 0.05) is 5.56 Å². The number of unbranched alkanes of at least 4 members (excludes halogenated alkanes) is 1. The van der Waals surface area contributed by atoms with Crippen LogP contribution in [-0.2, 0) is 19.2 Å². The van der Waals surface area contributed by atoms with Crippen LogP contribution in [0.2, 0.25) is 0 Å². The number of hydrogen-bond acceptors (Lipinski definition) is 10. The molecule has 0 aromatic heterocycles. The largest absolute Gasteiger partial charge is 0.466 e. The molecule has 12 heteroatoms. The van der Waals surface area contributed by atoms with E-state index in [2.05, 4.69) is 4.84 Å². The predicted octanol–water partition coefficient (Wildman–Crippen LogP) is 4.34. The fraction of sp³-hybridized carbons (Fsp3) is 0.308. The average Bonchev–Trinajstić information content (AvgIpc) is 2.90. The van der Waals surface area contributed by atoms with Gasteiger partial charge >= 0.3 is 17.9 Å². The first-order chi connectivity index (χ1) is 18.2. The average molecular weight is 547 g/mol. The number of nitrogens with two attached hydrogens (primary N) is 1. The van der Waals surface area contributed by atoms with Gasteiger partial charge < -0.3 is 24.8 Å². The van der Waals surface area contributed by atoms with Crippen molar-refractivity contribution in [2.24, 2.45) is 5.73 Å². The lowest BCUT2D eigenvalue weighted by atomic mass is 10.2. The molecule has 0 amide bonds.